The van der Waals surface area contributed by atoms with Crippen molar-refractivity contribution in [2.75, 3.05) is 39.3 Å². The Morgan fingerprint density at radius 2 is 2.20 bits per heavy atom. The maximum Gasteiger partial charge on any atom is 0.338 e. The molecule has 9 nitrogen and oxygen atoms in total. The number of aromatic nitrogens is 1. The van der Waals surface area contributed by atoms with Gasteiger partial charge in [0.2, 0.25) is 0 Å². The molecule has 1 aromatic heterocycles. The number of benzene rings is 1. The van der Waals surface area contributed by atoms with Gasteiger partial charge in [-0.25, -0.2) is 19.0 Å². The van der Waals surface area contributed by atoms with Gasteiger partial charge in [-0.1, -0.05) is 12.1 Å². The highest BCUT2D eigenvalue weighted by Gasteiger charge is 2.38. The average molecular weight is 499 g/mol. The fourth-order valence-corrected chi connectivity index (χ4v) is 5.39. The molecule has 2 saturated heterocycles. The van der Waals surface area contributed by atoms with Crippen molar-refractivity contribution in [2.45, 2.75) is 25.9 Å². The lowest BCUT2D eigenvalue weighted by atomic mass is 9.92. The van der Waals surface area contributed by atoms with Gasteiger partial charge in [0.15, 0.2) is 10.8 Å². The van der Waals surface area contributed by atoms with E-state index in [-0.39, 0.29) is 24.5 Å². The number of aliphatic imine (C=N–C) groups is 1. The fourth-order valence-electron chi connectivity index (χ4n) is 4.80. The van der Waals surface area contributed by atoms with Gasteiger partial charge in [0, 0.05) is 50.0 Å². The first-order chi connectivity index (χ1) is 17.0. The molecule has 0 unspecified atom stereocenters. The third-order valence-corrected chi connectivity index (χ3v) is 7.34. The summed E-state index contributed by atoms with van der Waals surface area (Å²) in [4.78, 5) is 38.6. The van der Waals surface area contributed by atoms with Crippen molar-refractivity contribution in [1.29, 1.82) is 0 Å². The number of amidine groups is 1. The zero-order valence-electron chi connectivity index (χ0n) is 19.6. The molecular weight excluding hydrogens is 471 g/mol. The molecule has 2 atom stereocenters. The molecule has 2 fully saturated rings. The van der Waals surface area contributed by atoms with Gasteiger partial charge in [0.25, 0.3) is 0 Å². The quantitative estimate of drug-likeness (QED) is 0.593. The van der Waals surface area contributed by atoms with Crippen molar-refractivity contribution in [3.05, 3.63) is 63.0 Å². The highest BCUT2D eigenvalue weighted by atomic mass is 32.1. The molecule has 5 rings (SSSR count). The minimum Gasteiger partial charge on any atom is -0.463 e. The second-order valence-corrected chi connectivity index (χ2v) is 9.57. The number of nitrogens with zero attached hydrogens (tertiary/aromatic N) is 4. The van der Waals surface area contributed by atoms with Crippen molar-refractivity contribution in [3.63, 3.8) is 0 Å². The molecule has 2 N–H and O–H groups in total. The van der Waals surface area contributed by atoms with Crippen LogP contribution in [0.5, 0.6) is 0 Å². The lowest BCUT2D eigenvalue weighted by molar-refractivity contribution is -0.139. The minimum absolute atomic E-state index is 0.0308. The van der Waals surface area contributed by atoms with E-state index >= 15 is 0 Å². The number of hydrogen-bond acceptors (Lipinski definition) is 8. The van der Waals surface area contributed by atoms with E-state index in [4.69, 9.17) is 9.73 Å². The van der Waals surface area contributed by atoms with E-state index < -0.39 is 12.0 Å². The maximum atomic E-state index is 14.6. The minimum atomic E-state index is -0.740. The zero-order valence-corrected chi connectivity index (χ0v) is 20.4. The number of urea groups is 1. The van der Waals surface area contributed by atoms with Gasteiger partial charge < -0.3 is 20.3 Å². The largest absolute Gasteiger partial charge is 0.463 e. The van der Waals surface area contributed by atoms with Crippen LogP contribution in [0.1, 0.15) is 29.1 Å². The van der Waals surface area contributed by atoms with Gasteiger partial charge >= 0.3 is 12.0 Å². The number of ether oxygens (including phenoxy) is 1. The predicted octanol–water partition coefficient (Wildman–Crippen LogP) is 2.21. The predicted molar refractivity (Wildman–Crippen MR) is 130 cm³/mol. The highest BCUT2D eigenvalue weighted by Crippen LogP contribution is 2.35. The number of fused-ring (bicyclic) bond motifs is 1. The first-order valence-corrected chi connectivity index (χ1v) is 12.5. The molecule has 2 aromatic rings. The number of halogens is 1. The Morgan fingerprint density at radius 1 is 1.34 bits per heavy atom. The Bertz CT molecular complexity index is 1200. The Hall–Kier alpha value is -3.31. The number of nitrogens with one attached hydrogen (secondary N) is 2. The van der Waals surface area contributed by atoms with Gasteiger partial charge in [-0.2, -0.15) is 0 Å². The van der Waals surface area contributed by atoms with E-state index in [2.05, 4.69) is 20.5 Å². The van der Waals surface area contributed by atoms with Crippen LogP contribution in [0.3, 0.4) is 0 Å². The number of piperazine rings is 1. The van der Waals surface area contributed by atoms with Crippen LogP contribution in [-0.2, 0) is 9.53 Å². The molecule has 0 aliphatic carbocycles. The second-order valence-electron chi connectivity index (χ2n) is 8.68. The van der Waals surface area contributed by atoms with E-state index in [9.17, 15) is 14.0 Å². The van der Waals surface area contributed by atoms with Crippen molar-refractivity contribution < 1.29 is 18.7 Å². The van der Waals surface area contributed by atoms with Gasteiger partial charge in [-0.15, -0.1) is 11.3 Å². The summed E-state index contributed by atoms with van der Waals surface area (Å²) < 4.78 is 20.0. The SMILES string of the molecule is CCOC(=O)C1=C(CN2CCN3C(=O)NC[C@H]3C2)NC(c2nccs2)=N[C@H]1c1cccc(F)c1C. The van der Waals surface area contributed by atoms with E-state index in [0.29, 0.717) is 66.0 Å². The van der Waals surface area contributed by atoms with Crippen LogP contribution in [0.25, 0.3) is 0 Å². The first-order valence-electron chi connectivity index (χ1n) is 11.6. The lowest BCUT2D eigenvalue weighted by Crippen LogP contribution is -2.53. The standard InChI is InChI=1S/C24H27FN6O3S/c1-3-34-23(32)19-18(13-30-8-9-31-15(12-30)11-27-24(31)33)28-21(22-26-7-10-35-22)29-20(19)16-5-4-6-17(25)14(16)2/h4-7,10,15,20H,3,8-9,11-13H2,1-2H3,(H,27,33)(H,28,29)/t15-,20-/m0/s1. The van der Waals surface area contributed by atoms with Crippen molar-refractivity contribution >= 4 is 29.2 Å². The Balaban J connectivity index is 1.55. The second kappa shape index (κ2) is 9.74. The first kappa shape index (κ1) is 23.4. The summed E-state index contributed by atoms with van der Waals surface area (Å²) in [5.74, 6) is -0.304. The van der Waals surface area contributed by atoms with Crippen molar-refractivity contribution in [1.82, 2.24) is 25.4 Å². The number of carbonyl (C=O) groups excluding carboxylic acids is 2. The number of thiazole rings is 1. The Kier molecular flexibility index (Phi) is 6.52. The number of amides is 2. The molecule has 0 radical (unpaired) electrons. The lowest BCUT2D eigenvalue weighted by Gasteiger charge is -2.38. The molecule has 2 amide bonds. The van der Waals surface area contributed by atoms with Crippen LogP contribution < -0.4 is 10.6 Å². The monoisotopic (exact) mass is 498 g/mol. The molecule has 1 aromatic carbocycles. The normalized spacial score (nSPS) is 22.4. The number of esters is 1. The van der Waals surface area contributed by atoms with E-state index in [1.807, 2.05) is 10.3 Å². The number of hydrogen-bond donors (Lipinski definition) is 2. The van der Waals surface area contributed by atoms with E-state index in [1.165, 1.54) is 17.4 Å². The summed E-state index contributed by atoms with van der Waals surface area (Å²) in [6, 6.07) is 4.14. The smallest absolute Gasteiger partial charge is 0.338 e. The van der Waals surface area contributed by atoms with Gasteiger partial charge in [-0.05, 0) is 31.0 Å². The van der Waals surface area contributed by atoms with Crippen LogP contribution in [0, 0.1) is 12.7 Å². The molecule has 0 bridgehead atoms. The third kappa shape index (κ3) is 4.53. The fraction of sp³-hybridized carbons (Fsp3) is 0.417. The maximum absolute atomic E-state index is 14.6. The average Bonchev–Trinajstić information content (AvgIpc) is 3.51. The van der Waals surface area contributed by atoms with Crippen LogP contribution >= 0.6 is 11.3 Å². The van der Waals surface area contributed by atoms with Gasteiger partial charge in [0.05, 0.1) is 18.2 Å². The zero-order chi connectivity index (χ0) is 24.5. The van der Waals surface area contributed by atoms with Crippen LogP contribution in [0.15, 0.2) is 46.0 Å². The molecule has 11 heteroatoms. The van der Waals surface area contributed by atoms with Gasteiger partial charge in [-0.3, -0.25) is 9.89 Å². The van der Waals surface area contributed by atoms with E-state index in [1.54, 1.807) is 32.2 Å². The number of carbonyl (C=O) groups is 2. The summed E-state index contributed by atoms with van der Waals surface area (Å²) in [5, 5.41) is 8.77. The summed E-state index contributed by atoms with van der Waals surface area (Å²) >= 11 is 1.43. The highest BCUT2D eigenvalue weighted by molar-refractivity contribution is 7.11. The third-order valence-electron chi connectivity index (χ3n) is 6.56. The molecule has 35 heavy (non-hydrogen) atoms. The molecule has 0 spiro atoms. The summed E-state index contributed by atoms with van der Waals surface area (Å²) in [6.07, 6.45) is 1.69. The van der Waals surface area contributed by atoms with Crippen molar-refractivity contribution in [3.8, 4) is 0 Å². The molecule has 0 saturated carbocycles. The van der Waals surface area contributed by atoms with Crippen LogP contribution in [-0.4, -0.2) is 78.0 Å². The summed E-state index contributed by atoms with van der Waals surface area (Å²) in [5.41, 5.74) is 2.07. The molecule has 184 valence electrons. The Morgan fingerprint density at radius 3 is 2.97 bits per heavy atom. The molecule has 3 aliphatic rings. The van der Waals surface area contributed by atoms with Gasteiger partial charge in [0.1, 0.15) is 11.9 Å². The van der Waals surface area contributed by atoms with Crippen LogP contribution in [0.2, 0.25) is 0 Å². The Labute approximate surface area is 206 Å². The van der Waals surface area contributed by atoms with Crippen molar-refractivity contribution in [2.24, 2.45) is 4.99 Å². The van der Waals surface area contributed by atoms with Crippen LogP contribution in [0.4, 0.5) is 9.18 Å². The molecule has 3 aliphatic heterocycles. The molecule has 4 heterocycles. The topological polar surface area (TPSA) is 99.2 Å². The summed E-state index contributed by atoms with van der Waals surface area (Å²) in [6.45, 7) is 6.64. The summed E-state index contributed by atoms with van der Waals surface area (Å²) in [7, 11) is 0. The molecular formula is C24H27FN6O3S. The number of rotatable bonds is 6. The van der Waals surface area contributed by atoms with E-state index in [0.717, 1.165) is 0 Å².